The van der Waals surface area contributed by atoms with Gasteiger partial charge in [-0.1, -0.05) is 12.2 Å². The molecule has 1 saturated carbocycles. The lowest BCUT2D eigenvalue weighted by Gasteiger charge is -2.17. The molecule has 0 amide bonds. The van der Waals surface area contributed by atoms with Crippen molar-refractivity contribution in [2.45, 2.75) is 25.3 Å². The Hall–Kier alpha value is -1.65. The molecule has 5 heteroatoms. The van der Waals surface area contributed by atoms with Gasteiger partial charge in [-0.05, 0) is 24.7 Å². The van der Waals surface area contributed by atoms with Gasteiger partial charge in [-0.2, -0.15) is 0 Å². The lowest BCUT2D eigenvalue weighted by atomic mass is 9.93. The molecule has 0 spiro atoms. The Morgan fingerprint density at radius 2 is 2.38 bits per heavy atom. The van der Waals surface area contributed by atoms with Crippen molar-refractivity contribution in [1.82, 2.24) is 14.8 Å². The Bertz CT molecular complexity index is 452. The highest BCUT2D eigenvalue weighted by Gasteiger charge is 2.39. The van der Waals surface area contributed by atoms with Crippen molar-refractivity contribution in [2.75, 3.05) is 0 Å². The minimum Gasteiger partial charge on any atom is -0.480 e. The van der Waals surface area contributed by atoms with Gasteiger partial charge in [0.15, 0.2) is 0 Å². The SMILES string of the molecule is O=C(O)Cn1cnnc1C1CC2C=CC1C2. The van der Waals surface area contributed by atoms with E-state index in [9.17, 15) is 4.79 Å². The summed E-state index contributed by atoms with van der Waals surface area (Å²) in [6.07, 6.45) is 8.28. The number of rotatable bonds is 3. The van der Waals surface area contributed by atoms with Crippen molar-refractivity contribution >= 4 is 5.97 Å². The number of aromatic nitrogens is 3. The summed E-state index contributed by atoms with van der Waals surface area (Å²) < 4.78 is 1.65. The number of allylic oxidation sites excluding steroid dienone is 2. The van der Waals surface area contributed by atoms with Gasteiger partial charge in [0.05, 0.1) is 0 Å². The van der Waals surface area contributed by atoms with Crippen molar-refractivity contribution in [3.8, 4) is 0 Å². The van der Waals surface area contributed by atoms with Gasteiger partial charge in [-0.25, -0.2) is 0 Å². The molecule has 3 atom stereocenters. The molecule has 3 rings (SSSR count). The molecule has 2 bridgehead atoms. The summed E-state index contributed by atoms with van der Waals surface area (Å²) in [6, 6.07) is 0. The summed E-state index contributed by atoms with van der Waals surface area (Å²) in [5.74, 6) is 1.53. The van der Waals surface area contributed by atoms with Gasteiger partial charge in [0.25, 0.3) is 0 Å². The van der Waals surface area contributed by atoms with Crippen LogP contribution >= 0.6 is 0 Å². The zero-order valence-corrected chi connectivity index (χ0v) is 8.78. The van der Waals surface area contributed by atoms with E-state index in [1.54, 1.807) is 4.57 Å². The zero-order chi connectivity index (χ0) is 11.1. The van der Waals surface area contributed by atoms with Crippen molar-refractivity contribution in [3.05, 3.63) is 24.3 Å². The van der Waals surface area contributed by atoms with Crippen molar-refractivity contribution < 1.29 is 9.90 Å². The van der Waals surface area contributed by atoms with Crippen LogP contribution in [0.4, 0.5) is 0 Å². The zero-order valence-electron chi connectivity index (χ0n) is 8.78. The van der Waals surface area contributed by atoms with Gasteiger partial charge in [0.1, 0.15) is 18.7 Å². The molecule has 2 aliphatic rings. The molecule has 1 fully saturated rings. The molecule has 0 saturated heterocycles. The van der Waals surface area contributed by atoms with Crippen LogP contribution in [-0.4, -0.2) is 25.8 Å². The van der Waals surface area contributed by atoms with Crippen molar-refractivity contribution in [2.24, 2.45) is 11.8 Å². The lowest BCUT2D eigenvalue weighted by Crippen LogP contribution is -2.16. The first-order valence-corrected chi connectivity index (χ1v) is 5.52. The number of hydrogen-bond acceptors (Lipinski definition) is 3. The van der Waals surface area contributed by atoms with Gasteiger partial charge < -0.3 is 9.67 Å². The normalized spacial score (nSPS) is 31.1. The molecule has 5 nitrogen and oxygen atoms in total. The Labute approximate surface area is 92.8 Å². The van der Waals surface area contributed by atoms with Crippen LogP contribution in [0.25, 0.3) is 0 Å². The average molecular weight is 219 g/mol. The van der Waals surface area contributed by atoms with Crippen LogP contribution in [0, 0.1) is 11.8 Å². The molecular weight excluding hydrogens is 206 g/mol. The van der Waals surface area contributed by atoms with Crippen LogP contribution in [-0.2, 0) is 11.3 Å². The Morgan fingerprint density at radius 1 is 1.50 bits per heavy atom. The summed E-state index contributed by atoms with van der Waals surface area (Å²) in [5, 5.41) is 16.7. The van der Waals surface area contributed by atoms with E-state index in [0.29, 0.717) is 17.8 Å². The standard InChI is InChI=1S/C11H13N3O2/c15-10(16)5-14-6-12-13-11(14)9-4-7-1-2-8(9)3-7/h1-2,6-9H,3-5H2,(H,15,16). The smallest absolute Gasteiger partial charge is 0.323 e. The second-order valence-electron chi connectivity index (χ2n) is 4.60. The molecule has 1 heterocycles. The molecule has 1 N–H and O–H groups in total. The molecule has 3 unspecified atom stereocenters. The van der Waals surface area contributed by atoms with Crippen LogP contribution in [0.2, 0.25) is 0 Å². The maximum absolute atomic E-state index is 10.7. The fourth-order valence-corrected chi connectivity index (χ4v) is 2.90. The molecule has 84 valence electrons. The minimum absolute atomic E-state index is 0.0417. The van der Waals surface area contributed by atoms with E-state index in [-0.39, 0.29) is 6.54 Å². The monoisotopic (exact) mass is 219 g/mol. The summed E-state index contributed by atoms with van der Waals surface area (Å²) in [7, 11) is 0. The maximum Gasteiger partial charge on any atom is 0.323 e. The van der Waals surface area contributed by atoms with Crippen molar-refractivity contribution in [3.63, 3.8) is 0 Å². The predicted octanol–water partition coefficient (Wildman–Crippen LogP) is 1.04. The number of carboxylic acid groups (broad SMARTS) is 1. The minimum atomic E-state index is -0.847. The molecule has 1 aromatic heterocycles. The van der Waals surface area contributed by atoms with Gasteiger partial charge in [-0.3, -0.25) is 4.79 Å². The number of nitrogens with zero attached hydrogens (tertiary/aromatic N) is 3. The summed E-state index contributed by atoms with van der Waals surface area (Å²) in [5.41, 5.74) is 0. The second kappa shape index (κ2) is 3.43. The highest BCUT2D eigenvalue weighted by molar-refractivity contribution is 5.66. The van der Waals surface area contributed by atoms with E-state index >= 15 is 0 Å². The third-order valence-electron chi connectivity index (χ3n) is 3.56. The van der Waals surface area contributed by atoms with E-state index in [4.69, 9.17) is 5.11 Å². The van der Waals surface area contributed by atoms with Gasteiger partial charge >= 0.3 is 5.97 Å². The number of carboxylic acids is 1. The molecule has 0 radical (unpaired) electrons. The first-order chi connectivity index (χ1) is 7.74. The summed E-state index contributed by atoms with van der Waals surface area (Å²) in [6.45, 7) is -0.0417. The molecule has 2 aliphatic carbocycles. The van der Waals surface area contributed by atoms with Crippen LogP contribution in [0.1, 0.15) is 24.6 Å². The first-order valence-electron chi connectivity index (χ1n) is 5.52. The third-order valence-corrected chi connectivity index (χ3v) is 3.56. The highest BCUT2D eigenvalue weighted by atomic mass is 16.4. The maximum atomic E-state index is 10.7. The Kier molecular flexibility index (Phi) is 2.05. The summed E-state index contributed by atoms with van der Waals surface area (Å²) in [4.78, 5) is 10.7. The van der Waals surface area contributed by atoms with Gasteiger partial charge in [-0.15, -0.1) is 10.2 Å². The average Bonchev–Trinajstić information content (AvgIpc) is 2.89. The van der Waals surface area contributed by atoms with Crippen LogP contribution in [0.5, 0.6) is 0 Å². The van der Waals surface area contributed by atoms with E-state index in [1.807, 2.05) is 0 Å². The van der Waals surface area contributed by atoms with Crippen LogP contribution < -0.4 is 0 Å². The Balaban J connectivity index is 1.87. The number of carbonyl (C=O) groups is 1. The molecule has 16 heavy (non-hydrogen) atoms. The molecular formula is C11H13N3O2. The van der Waals surface area contributed by atoms with E-state index < -0.39 is 5.97 Å². The highest BCUT2D eigenvalue weighted by Crippen LogP contribution is 2.48. The fraction of sp³-hybridized carbons (Fsp3) is 0.545. The quantitative estimate of drug-likeness (QED) is 0.771. The topological polar surface area (TPSA) is 68.0 Å². The van der Waals surface area contributed by atoms with Gasteiger partial charge in [0.2, 0.25) is 0 Å². The Morgan fingerprint density at radius 3 is 3.00 bits per heavy atom. The van der Waals surface area contributed by atoms with E-state index in [1.165, 1.54) is 12.7 Å². The number of aliphatic carboxylic acids is 1. The fourth-order valence-electron chi connectivity index (χ4n) is 2.90. The van der Waals surface area contributed by atoms with Gasteiger partial charge in [0, 0.05) is 5.92 Å². The molecule has 0 aliphatic heterocycles. The summed E-state index contributed by atoms with van der Waals surface area (Å²) >= 11 is 0. The van der Waals surface area contributed by atoms with E-state index in [2.05, 4.69) is 22.3 Å². The second-order valence-corrected chi connectivity index (χ2v) is 4.60. The van der Waals surface area contributed by atoms with Crippen molar-refractivity contribution in [1.29, 1.82) is 0 Å². The van der Waals surface area contributed by atoms with Crippen LogP contribution in [0.3, 0.4) is 0 Å². The largest absolute Gasteiger partial charge is 0.480 e. The first kappa shape index (κ1) is 9.57. The molecule has 1 aromatic rings. The number of hydrogen-bond donors (Lipinski definition) is 1. The lowest BCUT2D eigenvalue weighted by molar-refractivity contribution is -0.137. The molecule has 0 aromatic carbocycles. The third kappa shape index (κ3) is 1.43. The van der Waals surface area contributed by atoms with E-state index in [0.717, 1.165) is 12.2 Å². The predicted molar refractivity (Wildman–Crippen MR) is 55.8 cm³/mol. The van der Waals surface area contributed by atoms with Crippen LogP contribution in [0.15, 0.2) is 18.5 Å². The number of fused-ring (bicyclic) bond motifs is 2.